The lowest BCUT2D eigenvalue weighted by Gasteiger charge is -2.34. The van der Waals surface area contributed by atoms with E-state index in [1.807, 2.05) is 29.3 Å². The second kappa shape index (κ2) is 7.46. The van der Waals surface area contributed by atoms with Crippen molar-refractivity contribution in [3.63, 3.8) is 0 Å². The quantitative estimate of drug-likeness (QED) is 0.680. The summed E-state index contributed by atoms with van der Waals surface area (Å²) in [5.74, 6) is 1.32. The van der Waals surface area contributed by atoms with Gasteiger partial charge in [0, 0.05) is 26.2 Å². The highest BCUT2D eigenvalue weighted by Gasteiger charge is 2.23. The Morgan fingerprint density at radius 1 is 1.23 bits per heavy atom. The third kappa shape index (κ3) is 3.45. The number of halogens is 1. The molecule has 26 heavy (non-hydrogen) atoms. The number of aromatic nitrogens is 4. The van der Waals surface area contributed by atoms with Crippen LogP contribution in [0.15, 0.2) is 28.4 Å². The van der Waals surface area contributed by atoms with Crippen LogP contribution in [0.25, 0.3) is 10.7 Å². The molecular weight excluding hydrogens is 355 g/mol. The lowest BCUT2D eigenvalue weighted by Crippen LogP contribution is -2.46. The smallest absolute Gasteiger partial charge is 0.241 e. The molecule has 0 radical (unpaired) electrons. The van der Waals surface area contributed by atoms with Crippen LogP contribution in [0.5, 0.6) is 0 Å². The molecule has 9 heteroatoms. The van der Waals surface area contributed by atoms with Crippen LogP contribution in [0.3, 0.4) is 0 Å². The molecule has 3 aromatic rings. The highest BCUT2D eigenvalue weighted by Crippen LogP contribution is 2.23. The van der Waals surface area contributed by atoms with Crippen molar-refractivity contribution < 1.29 is 8.91 Å². The first-order valence-corrected chi connectivity index (χ1v) is 9.45. The molecule has 0 aliphatic carbocycles. The van der Waals surface area contributed by atoms with Gasteiger partial charge >= 0.3 is 0 Å². The van der Waals surface area contributed by atoms with Gasteiger partial charge in [-0.15, -0.1) is 11.3 Å². The monoisotopic (exact) mass is 374 g/mol. The lowest BCUT2D eigenvalue weighted by atomic mass is 10.2. The van der Waals surface area contributed by atoms with E-state index in [0.717, 1.165) is 18.0 Å². The molecule has 1 fully saturated rings. The third-order valence-corrected chi connectivity index (χ3v) is 5.28. The predicted octanol–water partition coefficient (Wildman–Crippen LogP) is 2.61. The maximum absolute atomic E-state index is 14.4. The third-order valence-electron chi connectivity index (χ3n) is 4.42. The maximum atomic E-state index is 14.4. The molecule has 0 N–H and O–H groups in total. The number of anilines is 1. The summed E-state index contributed by atoms with van der Waals surface area (Å²) in [7, 11) is 0. The minimum atomic E-state index is -0.305. The second-order valence-corrected chi connectivity index (χ2v) is 7.01. The maximum Gasteiger partial charge on any atom is 0.241 e. The topological polar surface area (TPSA) is 71.2 Å². The van der Waals surface area contributed by atoms with Crippen molar-refractivity contribution in [3.8, 4) is 10.7 Å². The van der Waals surface area contributed by atoms with E-state index in [1.165, 1.54) is 6.33 Å². The Kier molecular flexibility index (Phi) is 4.89. The predicted molar refractivity (Wildman–Crippen MR) is 96.5 cm³/mol. The van der Waals surface area contributed by atoms with Gasteiger partial charge in [0.2, 0.25) is 11.7 Å². The molecule has 0 bridgehead atoms. The van der Waals surface area contributed by atoms with Gasteiger partial charge in [0.25, 0.3) is 0 Å². The fourth-order valence-electron chi connectivity index (χ4n) is 3.00. The van der Waals surface area contributed by atoms with E-state index in [4.69, 9.17) is 4.52 Å². The molecule has 1 aliphatic rings. The van der Waals surface area contributed by atoms with Gasteiger partial charge < -0.3 is 9.42 Å². The number of hydrogen-bond acceptors (Lipinski definition) is 8. The average molecular weight is 374 g/mol. The number of thiophene rings is 1. The number of hydrogen-bond donors (Lipinski definition) is 0. The second-order valence-electron chi connectivity index (χ2n) is 6.06. The first kappa shape index (κ1) is 17.0. The summed E-state index contributed by atoms with van der Waals surface area (Å²) in [6, 6.07) is 3.93. The molecule has 0 spiro atoms. The number of piperazine rings is 1. The van der Waals surface area contributed by atoms with Crippen LogP contribution in [0.2, 0.25) is 0 Å². The fourth-order valence-corrected chi connectivity index (χ4v) is 3.65. The van der Waals surface area contributed by atoms with Crippen LogP contribution in [0, 0.1) is 5.82 Å². The van der Waals surface area contributed by atoms with Crippen molar-refractivity contribution in [2.75, 3.05) is 31.1 Å². The molecular formula is C17H19FN6OS. The normalized spacial score (nSPS) is 15.5. The summed E-state index contributed by atoms with van der Waals surface area (Å²) in [6.45, 7) is 5.44. The Labute approximate surface area is 154 Å². The van der Waals surface area contributed by atoms with Crippen molar-refractivity contribution in [3.05, 3.63) is 41.2 Å². The summed E-state index contributed by atoms with van der Waals surface area (Å²) in [4.78, 5) is 17.8. The van der Waals surface area contributed by atoms with Crippen LogP contribution in [-0.2, 0) is 13.0 Å². The first-order valence-electron chi connectivity index (χ1n) is 8.57. The molecule has 4 heterocycles. The van der Waals surface area contributed by atoms with E-state index in [0.29, 0.717) is 49.3 Å². The summed E-state index contributed by atoms with van der Waals surface area (Å²) >= 11 is 1.58. The molecule has 0 saturated carbocycles. The van der Waals surface area contributed by atoms with Gasteiger partial charge in [-0.2, -0.15) is 4.98 Å². The Balaban J connectivity index is 1.37. The van der Waals surface area contributed by atoms with Gasteiger partial charge in [-0.25, -0.2) is 14.4 Å². The van der Waals surface area contributed by atoms with Gasteiger partial charge in [-0.3, -0.25) is 4.90 Å². The van der Waals surface area contributed by atoms with Crippen molar-refractivity contribution in [2.45, 2.75) is 19.9 Å². The summed E-state index contributed by atoms with van der Waals surface area (Å²) < 4.78 is 19.8. The highest BCUT2D eigenvalue weighted by atomic mass is 32.1. The standard InChI is InChI=1S/C17H19FN6OS/c1-2-12-15(18)17(20-11-19-12)24-7-5-23(6-8-24)10-14-21-16(22-25-14)13-4-3-9-26-13/h3-4,9,11H,2,5-8,10H2,1H3. The summed E-state index contributed by atoms with van der Waals surface area (Å²) in [5.41, 5.74) is 0.462. The molecule has 0 amide bonds. The van der Waals surface area contributed by atoms with Crippen LogP contribution < -0.4 is 4.90 Å². The molecule has 7 nitrogen and oxygen atoms in total. The van der Waals surface area contributed by atoms with Crippen molar-refractivity contribution >= 4 is 17.2 Å². The van der Waals surface area contributed by atoms with Gasteiger partial charge in [0.05, 0.1) is 17.1 Å². The molecule has 1 saturated heterocycles. The zero-order valence-electron chi connectivity index (χ0n) is 14.4. The number of nitrogens with zero attached hydrogens (tertiary/aromatic N) is 6. The van der Waals surface area contributed by atoms with Crippen LogP contribution in [-0.4, -0.2) is 51.2 Å². The van der Waals surface area contributed by atoms with E-state index in [-0.39, 0.29) is 5.82 Å². The zero-order chi connectivity index (χ0) is 17.9. The van der Waals surface area contributed by atoms with Gasteiger partial charge in [-0.1, -0.05) is 18.1 Å². The fraction of sp³-hybridized carbons (Fsp3) is 0.412. The lowest BCUT2D eigenvalue weighted by molar-refractivity contribution is 0.214. The zero-order valence-corrected chi connectivity index (χ0v) is 15.2. The molecule has 1 aliphatic heterocycles. The largest absolute Gasteiger partial charge is 0.352 e. The van der Waals surface area contributed by atoms with E-state index in [2.05, 4.69) is 25.0 Å². The Bertz CT molecular complexity index is 860. The Morgan fingerprint density at radius 3 is 2.81 bits per heavy atom. The molecule has 136 valence electrons. The number of rotatable bonds is 5. The van der Waals surface area contributed by atoms with Crippen LogP contribution in [0.4, 0.5) is 10.2 Å². The molecule has 3 aromatic heterocycles. The van der Waals surface area contributed by atoms with E-state index in [9.17, 15) is 4.39 Å². The molecule has 0 unspecified atom stereocenters. The van der Waals surface area contributed by atoms with Crippen LogP contribution in [0.1, 0.15) is 18.5 Å². The Morgan fingerprint density at radius 2 is 2.08 bits per heavy atom. The van der Waals surface area contributed by atoms with E-state index in [1.54, 1.807) is 11.3 Å². The minimum Gasteiger partial charge on any atom is -0.352 e. The summed E-state index contributed by atoms with van der Waals surface area (Å²) in [6.07, 6.45) is 2.00. The van der Waals surface area contributed by atoms with E-state index < -0.39 is 0 Å². The van der Waals surface area contributed by atoms with Gasteiger partial charge in [0.1, 0.15) is 6.33 Å². The highest BCUT2D eigenvalue weighted by molar-refractivity contribution is 7.13. The summed E-state index contributed by atoms with van der Waals surface area (Å²) in [5, 5.41) is 6.02. The van der Waals surface area contributed by atoms with Crippen molar-refractivity contribution in [2.24, 2.45) is 0 Å². The molecule has 4 rings (SSSR count). The van der Waals surface area contributed by atoms with E-state index >= 15 is 0 Å². The van der Waals surface area contributed by atoms with Crippen molar-refractivity contribution in [1.82, 2.24) is 25.0 Å². The minimum absolute atomic E-state index is 0.305. The van der Waals surface area contributed by atoms with Gasteiger partial charge in [-0.05, 0) is 17.9 Å². The molecule has 0 aromatic carbocycles. The first-order chi connectivity index (χ1) is 12.7. The average Bonchev–Trinajstić information content (AvgIpc) is 3.34. The van der Waals surface area contributed by atoms with Crippen molar-refractivity contribution in [1.29, 1.82) is 0 Å². The van der Waals surface area contributed by atoms with Crippen LogP contribution >= 0.6 is 11.3 Å². The SMILES string of the molecule is CCc1ncnc(N2CCN(Cc3nc(-c4cccs4)no3)CC2)c1F. The molecule has 0 atom stereocenters. The van der Waals surface area contributed by atoms with Gasteiger partial charge in [0.15, 0.2) is 11.6 Å². The Hall–Kier alpha value is -2.39. The number of aryl methyl sites for hydroxylation is 1.